The van der Waals surface area contributed by atoms with E-state index in [1.54, 1.807) is 7.05 Å². The van der Waals surface area contributed by atoms with E-state index in [4.69, 9.17) is 10.1 Å². The number of aliphatic imine (C=N–C) groups is 1. The number of urea groups is 1. The number of amides is 3. The zero-order valence-corrected chi connectivity index (χ0v) is 15.7. The quantitative estimate of drug-likeness (QED) is 0.825. The molecule has 0 aromatic heterocycles. The van der Waals surface area contributed by atoms with E-state index in [1.807, 2.05) is 4.90 Å². The van der Waals surface area contributed by atoms with Crippen LogP contribution in [0.25, 0.3) is 0 Å². The van der Waals surface area contributed by atoms with Crippen molar-refractivity contribution in [3.8, 4) is 0 Å². The first-order valence-electron chi connectivity index (χ1n) is 9.46. The average molecular weight is 371 g/mol. The second-order valence-electron chi connectivity index (χ2n) is 7.11. The van der Waals surface area contributed by atoms with Crippen LogP contribution in [0.4, 0.5) is 10.5 Å². The fourth-order valence-corrected chi connectivity index (χ4v) is 4.03. The van der Waals surface area contributed by atoms with Crippen LogP contribution in [-0.2, 0) is 11.2 Å². The third-order valence-electron chi connectivity index (χ3n) is 5.57. The number of guanidine groups is 1. The lowest BCUT2D eigenvalue weighted by atomic mass is 10.1. The number of fused-ring (bicyclic) bond motifs is 3. The Morgan fingerprint density at radius 1 is 1.19 bits per heavy atom. The van der Waals surface area contributed by atoms with E-state index in [0.29, 0.717) is 13.0 Å². The van der Waals surface area contributed by atoms with Crippen LogP contribution in [0.1, 0.15) is 18.9 Å². The Bertz CT molecular complexity index is 778. The predicted octanol–water partition coefficient (Wildman–Crippen LogP) is 0.712. The Labute approximate surface area is 158 Å². The van der Waals surface area contributed by atoms with Gasteiger partial charge in [-0.15, -0.1) is 0 Å². The Morgan fingerprint density at radius 2 is 1.93 bits per heavy atom. The zero-order chi connectivity index (χ0) is 19.1. The molecule has 0 radical (unpaired) electrons. The van der Waals surface area contributed by atoms with Crippen LogP contribution < -0.4 is 4.90 Å². The molecular weight excluding hydrogens is 346 g/mol. The number of hydrogen-bond acceptors (Lipinski definition) is 6. The first kappa shape index (κ1) is 17.8. The van der Waals surface area contributed by atoms with Gasteiger partial charge in [-0.1, -0.05) is 19.1 Å². The summed E-state index contributed by atoms with van der Waals surface area (Å²) in [7, 11) is 1.69. The van der Waals surface area contributed by atoms with E-state index in [0.717, 1.165) is 24.6 Å². The number of aryl methyl sites for hydroxylation is 1. The number of aliphatic hydroxyl groups is 1. The number of imide groups is 1. The highest BCUT2D eigenvalue weighted by atomic mass is 16.3. The molecule has 0 spiro atoms. The van der Waals surface area contributed by atoms with Gasteiger partial charge in [-0.05, 0) is 30.5 Å². The molecule has 3 aliphatic heterocycles. The largest absolute Gasteiger partial charge is 0.396 e. The van der Waals surface area contributed by atoms with Gasteiger partial charge < -0.3 is 19.8 Å². The summed E-state index contributed by atoms with van der Waals surface area (Å²) in [6.45, 7) is 3.75. The lowest BCUT2D eigenvalue weighted by Crippen LogP contribution is -2.64. The maximum absolute atomic E-state index is 13.0. The monoisotopic (exact) mass is 371 g/mol. The van der Waals surface area contributed by atoms with Crippen molar-refractivity contribution in [2.24, 2.45) is 4.99 Å². The molecule has 0 aliphatic carbocycles. The molecule has 1 aromatic rings. The maximum atomic E-state index is 13.0. The fourth-order valence-electron chi connectivity index (χ4n) is 4.03. The second kappa shape index (κ2) is 6.84. The van der Waals surface area contributed by atoms with Gasteiger partial charge in [0.1, 0.15) is 0 Å². The number of aliphatic hydroxyl groups excluding tert-OH is 1. The summed E-state index contributed by atoms with van der Waals surface area (Å²) in [5, 5.41) is 9.07. The van der Waals surface area contributed by atoms with Gasteiger partial charge >= 0.3 is 6.03 Å². The third kappa shape index (κ3) is 2.75. The van der Waals surface area contributed by atoms with Crippen molar-refractivity contribution in [3.63, 3.8) is 0 Å². The van der Waals surface area contributed by atoms with Gasteiger partial charge in [-0.2, -0.15) is 0 Å². The van der Waals surface area contributed by atoms with Gasteiger partial charge in [-0.25, -0.2) is 9.79 Å². The van der Waals surface area contributed by atoms with Crippen molar-refractivity contribution in [1.82, 2.24) is 14.7 Å². The van der Waals surface area contributed by atoms with Gasteiger partial charge in [-0.3, -0.25) is 9.69 Å². The summed E-state index contributed by atoms with van der Waals surface area (Å²) in [5.74, 6) is 0.532. The van der Waals surface area contributed by atoms with Gasteiger partial charge in [0.25, 0.3) is 5.91 Å². The molecule has 0 bridgehead atoms. The minimum Gasteiger partial charge on any atom is -0.396 e. The molecule has 1 N–H and O–H groups in total. The standard InChI is InChI=1S/C19H25N5O3/c1-3-13-5-7-14(8-6-13)22-10-11-23-15-16(20-18(22)23)21(2)19(27)24(17(15)26)9-4-12-25/h5-8,15-16,25H,3-4,9-12H2,1-2H3. The Kier molecular flexibility index (Phi) is 4.51. The number of carbonyl (C=O) groups is 2. The minimum atomic E-state index is -0.497. The number of rotatable bonds is 5. The summed E-state index contributed by atoms with van der Waals surface area (Å²) in [6.07, 6.45) is 0.873. The first-order valence-corrected chi connectivity index (χ1v) is 9.46. The lowest BCUT2D eigenvalue weighted by Gasteiger charge is -2.40. The lowest BCUT2D eigenvalue weighted by molar-refractivity contribution is -0.137. The van der Waals surface area contributed by atoms with Gasteiger partial charge in [0, 0.05) is 39.0 Å². The van der Waals surface area contributed by atoms with E-state index in [-0.39, 0.29) is 25.1 Å². The van der Waals surface area contributed by atoms with Crippen molar-refractivity contribution in [2.45, 2.75) is 32.0 Å². The van der Waals surface area contributed by atoms with E-state index in [2.05, 4.69) is 36.1 Å². The van der Waals surface area contributed by atoms with Crippen LogP contribution in [0.5, 0.6) is 0 Å². The number of anilines is 1. The van der Waals surface area contributed by atoms with E-state index in [9.17, 15) is 9.59 Å². The van der Waals surface area contributed by atoms with Crippen molar-refractivity contribution >= 4 is 23.6 Å². The van der Waals surface area contributed by atoms with E-state index < -0.39 is 12.2 Å². The molecule has 2 atom stereocenters. The summed E-state index contributed by atoms with van der Waals surface area (Å²) in [4.78, 5) is 37.2. The topological polar surface area (TPSA) is 79.7 Å². The van der Waals surface area contributed by atoms with Gasteiger partial charge in [0.05, 0.1) is 0 Å². The van der Waals surface area contributed by atoms with Gasteiger partial charge in [0.15, 0.2) is 12.2 Å². The highest BCUT2D eigenvalue weighted by molar-refractivity contribution is 6.07. The van der Waals surface area contributed by atoms with Crippen molar-refractivity contribution in [3.05, 3.63) is 29.8 Å². The van der Waals surface area contributed by atoms with Gasteiger partial charge in [0.2, 0.25) is 5.96 Å². The molecule has 3 amide bonds. The second-order valence-corrected chi connectivity index (χ2v) is 7.11. The van der Waals surface area contributed by atoms with Crippen LogP contribution in [0, 0.1) is 0 Å². The van der Waals surface area contributed by atoms with Crippen LogP contribution in [-0.4, -0.2) is 83.2 Å². The summed E-state index contributed by atoms with van der Waals surface area (Å²) < 4.78 is 0. The summed E-state index contributed by atoms with van der Waals surface area (Å²) >= 11 is 0. The highest BCUT2D eigenvalue weighted by Crippen LogP contribution is 2.33. The Hall–Kier alpha value is -2.61. The molecule has 8 heteroatoms. The predicted molar refractivity (Wildman–Crippen MR) is 101 cm³/mol. The molecule has 144 valence electrons. The normalized spacial score (nSPS) is 24.5. The third-order valence-corrected chi connectivity index (χ3v) is 5.57. The zero-order valence-electron chi connectivity index (χ0n) is 15.7. The number of likely N-dealkylation sites (N-methyl/N-ethyl adjacent to an activating group) is 1. The minimum absolute atomic E-state index is 0.0537. The van der Waals surface area contributed by atoms with Crippen LogP contribution in [0.15, 0.2) is 29.3 Å². The fraction of sp³-hybridized carbons (Fsp3) is 0.526. The SMILES string of the molecule is CCc1ccc(N2CCN3C2=NC2C3C(=O)N(CCCO)C(=O)N2C)cc1. The van der Waals surface area contributed by atoms with Crippen molar-refractivity contribution in [1.29, 1.82) is 0 Å². The molecule has 0 saturated carbocycles. The Morgan fingerprint density at radius 3 is 2.59 bits per heavy atom. The molecule has 2 saturated heterocycles. The van der Waals surface area contributed by atoms with E-state index >= 15 is 0 Å². The van der Waals surface area contributed by atoms with E-state index in [1.165, 1.54) is 15.4 Å². The molecule has 8 nitrogen and oxygen atoms in total. The van der Waals surface area contributed by atoms with Crippen molar-refractivity contribution in [2.75, 3.05) is 38.2 Å². The number of carbonyl (C=O) groups excluding carboxylic acids is 2. The molecule has 27 heavy (non-hydrogen) atoms. The van der Waals surface area contributed by atoms with Crippen LogP contribution >= 0.6 is 0 Å². The smallest absolute Gasteiger partial charge is 0.328 e. The molecule has 3 heterocycles. The summed E-state index contributed by atoms with van der Waals surface area (Å²) in [6, 6.07) is 7.55. The average Bonchev–Trinajstić information content (AvgIpc) is 3.26. The van der Waals surface area contributed by atoms with Crippen LogP contribution in [0.3, 0.4) is 0 Å². The first-order chi connectivity index (χ1) is 13.1. The molecule has 3 aliphatic rings. The molecule has 1 aromatic carbocycles. The molecule has 2 fully saturated rings. The number of hydrogen-bond donors (Lipinski definition) is 1. The van der Waals surface area contributed by atoms with Crippen LogP contribution in [0.2, 0.25) is 0 Å². The summed E-state index contributed by atoms with van der Waals surface area (Å²) in [5.41, 5.74) is 2.32. The van der Waals surface area contributed by atoms with Crippen molar-refractivity contribution < 1.29 is 14.7 Å². The Balaban J connectivity index is 1.61. The molecular formula is C19H25N5O3. The number of nitrogens with zero attached hydrogens (tertiary/aromatic N) is 5. The maximum Gasteiger partial charge on any atom is 0.328 e. The molecule has 2 unspecified atom stereocenters. The highest BCUT2D eigenvalue weighted by Gasteiger charge is 2.54. The number of benzene rings is 1. The molecule has 4 rings (SSSR count).